The van der Waals surface area contributed by atoms with Crippen LogP contribution >= 0.6 is 12.4 Å². The van der Waals surface area contributed by atoms with Gasteiger partial charge in [0, 0.05) is 18.2 Å². The molecular formula is C16H22ClN5O2. The van der Waals surface area contributed by atoms with Crippen LogP contribution < -0.4 is 5.32 Å². The van der Waals surface area contributed by atoms with Gasteiger partial charge >= 0.3 is 0 Å². The third-order valence-corrected chi connectivity index (χ3v) is 3.83. The van der Waals surface area contributed by atoms with Crippen molar-refractivity contribution in [2.45, 2.75) is 46.1 Å². The first-order valence-corrected chi connectivity index (χ1v) is 7.76. The summed E-state index contributed by atoms with van der Waals surface area (Å²) in [6.45, 7) is 8.10. The van der Waals surface area contributed by atoms with Crippen molar-refractivity contribution in [2.24, 2.45) is 0 Å². The van der Waals surface area contributed by atoms with Gasteiger partial charge in [0.05, 0.1) is 16.6 Å². The highest BCUT2D eigenvalue weighted by Gasteiger charge is 2.22. The first-order chi connectivity index (χ1) is 11.0. The Kier molecular flexibility index (Phi) is 5.56. The fourth-order valence-electron chi connectivity index (χ4n) is 2.48. The van der Waals surface area contributed by atoms with Crippen LogP contribution in [0, 0.1) is 6.92 Å². The van der Waals surface area contributed by atoms with Crippen LogP contribution in [0.1, 0.15) is 43.9 Å². The number of likely N-dealkylation sites (N-methyl/N-ethyl adjacent to an activating group) is 1. The number of rotatable bonds is 5. The number of fused-ring (bicyclic) bond motifs is 1. The Hall–Kier alpha value is -1.99. The van der Waals surface area contributed by atoms with Crippen molar-refractivity contribution >= 4 is 23.5 Å². The van der Waals surface area contributed by atoms with E-state index in [-0.39, 0.29) is 24.4 Å². The van der Waals surface area contributed by atoms with E-state index in [4.69, 9.17) is 9.05 Å². The minimum Gasteiger partial charge on any atom is -0.335 e. The van der Waals surface area contributed by atoms with Gasteiger partial charge in [-0.15, -0.1) is 12.4 Å². The van der Waals surface area contributed by atoms with Crippen molar-refractivity contribution in [2.75, 3.05) is 7.05 Å². The van der Waals surface area contributed by atoms with E-state index < -0.39 is 0 Å². The molecule has 8 heteroatoms. The van der Waals surface area contributed by atoms with Gasteiger partial charge in [-0.3, -0.25) is 0 Å². The second kappa shape index (κ2) is 7.27. The zero-order chi connectivity index (χ0) is 16.6. The standard InChI is InChI=1S/C16H21N5O2.ClH/c1-8(2)14-13-11(6-10(4)18-16(13)23-21-14)15-19-12(20-22-15)7-9(3)17-5;/h6,8-9,17H,7H2,1-5H3;1H. The molecular weight excluding hydrogens is 330 g/mol. The quantitative estimate of drug-likeness (QED) is 0.754. The molecule has 0 amide bonds. The predicted molar refractivity (Wildman–Crippen MR) is 93.4 cm³/mol. The molecule has 0 spiro atoms. The molecule has 1 atom stereocenters. The first kappa shape index (κ1) is 18.4. The van der Waals surface area contributed by atoms with Crippen LogP contribution in [0.5, 0.6) is 0 Å². The van der Waals surface area contributed by atoms with Crippen LogP contribution in [-0.4, -0.2) is 33.4 Å². The Bertz CT molecular complexity index is 827. The van der Waals surface area contributed by atoms with E-state index in [1.165, 1.54) is 0 Å². The van der Waals surface area contributed by atoms with Crippen molar-refractivity contribution in [3.05, 3.63) is 23.3 Å². The predicted octanol–water partition coefficient (Wildman–Crippen LogP) is 3.28. The maximum atomic E-state index is 5.48. The number of pyridine rings is 1. The number of nitrogens with zero attached hydrogens (tertiary/aromatic N) is 4. The summed E-state index contributed by atoms with van der Waals surface area (Å²) >= 11 is 0. The van der Waals surface area contributed by atoms with Gasteiger partial charge in [-0.2, -0.15) is 4.98 Å². The van der Waals surface area contributed by atoms with E-state index >= 15 is 0 Å². The molecule has 0 aliphatic heterocycles. The molecule has 24 heavy (non-hydrogen) atoms. The average Bonchev–Trinajstić information content (AvgIpc) is 3.12. The normalized spacial score (nSPS) is 12.6. The maximum absolute atomic E-state index is 5.48. The van der Waals surface area contributed by atoms with E-state index in [2.05, 4.69) is 46.4 Å². The molecule has 0 aromatic carbocycles. The number of hydrogen-bond donors (Lipinski definition) is 1. The van der Waals surface area contributed by atoms with Gasteiger partial charge in [-0.25, -0.2) is 4.98 Å². The Morgan fingerprint density at radius 3 is 2.54 bits per heavy atom. The zero-order valence-corrected chi connectivity index (χ0v) is 15.3. The molecule has 3 heterocycles. The van der Waals surface area contributed by atoms with Crippen molar-refractivity contribution in [1.29, 1.82) is 0 Å². The highest BCUT2D eigenvalue weighted by molar-refractivity contribution is 5.91. The van der Waals surface area contributed by atoms with Crippen LogP contribution in [0.4, 0.5) is 0 Å². The highest BCUT2D eigenvalue weighted by Crippen LogP contribution is 2.33. The lowest BCUT2D eigenvalue weighted by Gasteiger charge is -2.05. The summed E-state index contributed by atoms with van der Waals surface area (Å²) in [5, 5.41) is 12.2. The van der Waals surface area contributed by atoms with Crippen LogP contribution in [0.15, 0.2) is 15.1 Å². The van der Waals surface area contributed by atoms with Gasteiger partial charge in [-0.05, 0) is 32.9 Å². The van der Waals surface area contributed by atoms with Crippen molar-refractivity contribution < 1.29 is 9.05 Å². The van der Waals surface area contributed by atoms with Gasteiger partial charge in [0.15, 0.2) is 5.82 Å². The lowest BCUT2D eigenvalue weighted by atomic mass is 10.0. The van der Waals surface area contributed by atoms with Crippen LogP contribution in [0.25, 0.3) is 22.6 Å². The molecule has 0 bridgehead atoms. The molecule has 0 aliphatic carbocycles. The lowest BCUT2D eigenvalue weighted by Crippen LogP contribution is -2.24. The second-order valence-electron chi connectivity index (χ2n) is 6.12. The van der Waals surface area contributed by atoms with E-state index in [9.17, 15) is 0 Å². The Morgan fingerprint density at radius 2 is 1.88 bits per heavy atom. The zero-order valence-electron chi connectivity index (χ0n) is 14.5. The van der Waals surface area contributed by atoms with E-state index in [1.54, 1.807) is 0 Å². The molecule has 7 nitrogen and oxygen atoms in total. The maximum Gasteiger partial charge on any atom is 0.259 e. The second-order valence-corrected chi connectivity index (χ2v) is 6.12. The van der Waals surface area contributed by atoms with E-state index in [0.717, 1.165) is 22.3 Å². The smallest absolute Gasteiger partial charge is 0.259 e. The summed E-state index contributed by atoms with van der Waals surface area (Å²) in [4.78, 5) is 8.93. The molecule has 130 valence electrons. The first-order valence-electron chi connectivity index (χ1n) is 7.76. The molecule has 0 aliphatic rings. The molecule has 0 saturated carbocycles. The molecule has 3 rings (SSSR count). The molecule has 0 radical (unpaired) electrons. The monoisotopic (exact) mass is 351 g/mol. The number of aryl methyl sites for hydroxylation is 1. The molecule has 3 aromatic heterocycles. The highest BCUT2D eigenvalue weighted by atomic mass is 35.5. The van der Waals surface area contributed by atoms with Crippen LogP contribution in [0.3, 0.4) is 0 Å². The Balaban J connectivity index is 0.00000208. The van der Waals surface area contributed by atoms with Gasteiger partial charge < -0.3 is 14.4 Å². The number of nitrogens with one attached hydrogen (secondary N) is 1. The SMILES string of the molecule is CNC(C)Cc1noc(-c2cc(C)nc3onc(C(C)C)c23)n1.Cl. The fourth-order valence-corrected chi connectivity index (χ4v) is 2.48. The summed E-state index contributed by atoms with van der Waals surface area (Å²) in [5.74, 6) is 1.36. The van der Waals surface area contributed by atoms with E-state index in [1.807, 2.05) is 20.0 Å². The minimum atomic E-state index is 0. The molecule has 0 fully saturated rings. The summed E-state index contributed by atoms with van der Waals surface area (Å²) in [5.41, 5.74) is 3.01. The van der Waals surface area contributed by atoms with Crippen molar-refractivity contribution in [3.8, 4) is 11.5 Å². The summed E-state index contributed by atoms with van der Waals surface area (Å²) in [7, 11) is 1.91. The molecule has 0 saturated heterocycles. The summed E-state index contributed by atoms with van der Waals surface area (Å²) < 4.78 is 10.9. The topological polar surface area (TPSA) is 89.9 Å². The molecule has 1 N–H and O–H groups in total. The Morgan fingerprint density at radius 1 is 1.12 bits per heavy atom. The number of halogens is 1. The van der Waals surface area contributed by atoms with E-state index in [0.29, 0.717) is 23.8 Å². The average molecular weight is 352 g/mol. The van der Waals surface area contributed by atoms with Crippen molar-refractivity contribution in [1.82, 2.24) is 25.6 Å². The lowest BCUT2D eigenvalue weighted by molar-refractivity contribution is 0.418. The van der Waals surface area contributed by atoms with Gasteiger partial charge in [0.2, 0.25) is 0 Å². The number of aromatic nitrogens is 4. The van der Waals surface area contributed by atoms with Gasteiger partial charge in [-0.1, -0.05) is 24.2 Å². The third kappa shape index (κ3) is 3.42. The van der Waals surface area contributed by atoms with Gasteiger partial charge in [0.25, 0.3) is 11.6 Å². The van der Waals surface area contributed by atoms with Crippen LogP contribution in [0.2, 0.25) is 0 Å². The largest absolute Gasteiger partial charge is 0.335 e. The summed E-state index contributed by atoms with van der Waals surface area (Å²) in [6, 6.07) is 2.21. The van der Waals surface area contributed by atoms with Gasteiger partial charge in [0.1, 0.15) is 0 Å². The minimum absolute atomic E-state index is 0. The Labute approximate surface area is 146 Å². The third-order valence-electron chi connectivity index (χ3n) is 3.83. The molecule has 1 unspecified atom stereocenters. The number of hydrogen-bond acceptors (Lipinski definition) is 7. The van der Waals surface area contributed by atoms with Crippen molar-refractivity contribution in [3.63, 3.8) is 0 Å². The summed E-state index contributed by atoms with van der Waals surface area (Å²) in [6.07, 6.45) is 0.702. The molecule has 3 aromatic rings. The fraction of sp³-hybridized carbons (Fsp3) is 0.500. The van der Waals surface area contributed by atoms with Crippen LogP contribution in [-0.2, 0) is 6.42 Å².